The van der Waals surface area contributed by atoms with Gasteiger partial charge in [0.15, 0.2) is 0 Å². The van der Waals surface area contributed by atoms with Crippen molar-refractivity contribution in [2.75, 3.05) is 0 Å². The number of nitrogens with zero attached hydrogens (tertiary/aromatic N) is 1. The molecule has 0 fully saturated rings. The molecule has 3 aliphatic carbocycles. The van der Waals surface area contributed by atoms with Crippen molar-refractivity contribution in [2.45, 2.75) is 71.1 Å². The Morgan fingerprint density at radius 3 is 2.77 bits per heavy atom. The van der Waals surface area contributed by atoms with Gasteiger partial charge >= 0.3 is 5.97 Å². The van der Waals surface area contributed by atoms with E-state index in [1.807, 2.05) is 0 Å². The number of allylic oxidation sites excluding steroid dienone is 6. The van der Waals surface area contributed by atoms with Crippen LogP contribution >= 0.6 is 0 Å². The first-order valence-electron chi connectivity index (χ1n) is 11.5. The number of ether oxygens (including phenoxy) is 1. The van der Waals surface area contributed by atoms with Crippen LogP contribution in [0.1, 0.15) is 76.7 Å². The molecule has 156 valence electrons. The lowest BCUT2D eigenvalue weighted by Crippen LogP contribution is -2.25. The molecular formula is C27H31NO2. The molecule has 0 aromatic heterocycles. The minimum Gasteiger partial charge on any atom is -0.426 e. The zero-order chi connectivity index (χ0) is 20.9. The van der Waals surface area contributed by atoms with E-state index in [0.29, 0.717) is 11.3 Å². The number of carbonyl (C=O) groups excluding carboxylic acids is 1. The molecular weight excluding hydrogens is 370 g/mol. The van der Waals surface area contributed by atoms with E-state index < -0.39 is 0 Å². The fourth-order valence-electron chi connectivity index (χ4n) is 5.14. The third-order valence-corrected chi connectivity index (χ3v) is 6.85. The fourth-order valence-corrected chi connectivity index (χ4v) is 5.14. The number of esters is 1. The molecule has 0 bridgehead atoms. The van der Waals surface area contributed by atoms with Gasteiger partial charge in [0.05, 0.1) is 17.6 Å². The van der Waals surface area contributed by atoms with Gasteiger partial charge in [-0.1, -0.05) is 50.3 Å². The SMILES string of the molecule is CCCCC[C@H]1CCC2=C(CC=C3C[C@@H](C(=O)Oc4ccc(C#N)cc4)CC=C32)C1. The lowest BCUT2D eigenvalue weighted by molar-refractivity contribution is -0.138. The maximum atomic E-state index is 12.7. The topological polar surface area (TPSA) is 50.1 Å². The average Bonchev–Trinajstić information content (AvgIpc) is 2.79. The van der Waals surface area contributed by atoms with Gasteiger partial charge in [0.2, 0.25) is 0 Å². The average molecular weight is 402 g/mol. The van der Waals surface area contributed by atoms with E-state index in [1.54, 1.807) is 35.4 Å². The van der Waals surface area contributed by atoms with Gasteiger partial charge in [-0.3, -0.25) is 4.79 Å². The summed E-state index contributed by atoms with van der Waals surface area (Å²) in [5.41, 5.74) is 6.56. The van der Waals surface area contributed by atoms with Crippen molar-refractivity contribution >= 4 is 5.97 Å². The third-order valence-electron chi connectivity index (χ3n) is 6.85. The molecule has 3 nitrogen and oxygen atoms in total. The molecule has 0 N–H and O–H groups in total. The molecule has 0 saturated carbocycles. The van der Waals surface area contributed by atoms with Crippen LogP contribution in [0, 0.1) is 23.2 Å². The molecule has 0 spiro atoms. The summed E-state index contributed by atoms with van der Waals surface area (Å²) in [6.07, 6.45) is 16.4. The van der Waals surface area contributed by atoms with Crippen LogP contribution in [0.3, 0.4) is 0 Å². The second-order valence-corrected chi connectivity index (χ2v) is 8.93. The maximum Gasteiger partial charge on any atom is 0.314 e. The molecule has 4 rings (SSSR count). The second kappa shape index (κ2) is 9.47. The van der Waals surface area contributed by atoms with Crippen molar-refractivity contribution in [3.63, 3.8) is 0 Å². The third kappa shape index (κ3) is 4.59. The number of nitriles is 1. The predicted molar refractivity (Wildman–Crippen MR) is 119 cm³/mol. The first-order chi connectivity index (χ1) is 14.7. The van der Waals surface area contributed by atoms with Crippen molar-refractivity contribution in [1.29, 1.82) is 5.26 Å². The number of carbonyl (C=O) groups is 1. The van der Waals surface area contributed by atoms with Gasteiger partial charge < -0.3 is 4.74 Å². The Morgan fingerprint density at radius 2 is 2.00 bits per heavy atom. The molecule has 0 amide bonds. The van der Waals surface area contributed by atoms with E-state index in [9.17, 15) is 4.79 Å². The smallest absolute Gasteiger partial charge is 0.314 e. The summed E-state index contributed by atoms with van der Waals surface area (Å²) in [4.78, 5) is 12.7. The molecule has 30 heavy (non-hydrogen) atoms. The van der Waals surface area contributed by atoms with Gasteiger partial charge in [-0.05, 0) is 85.4 Å². The number of benzene rings is 1. The highest BCUT2D eigenvalue weighted by Crippen LogP contribution is 2.45. The molecule has 3 aliphatic rings. The van der Waals surface area contributed by atoms with Crippen LogP contribution < -0.4 is 4.74 Å². The lowest BCUT2D eigenvalue weighted by atomic mass is 9.70. The number of hydrogen-bond donors (Lipinski definition) is 0. The Kier molecular flexibility index (Phi) is 6.53. The van der Waals surface area contributed by atoms with E-state index in [0.717, 1.165) is 25.2 Å². The summed E-state index contributed by atoms with van der Waals surface area (Å²) in [5.74, 6) is 1.08. The molecule has 0 saturated heterocycles. The summed E-state index contributed by atoms with van der Waals surface area (Å²) in [5, 5.41) is 8.90. The van der Waals surface area contributed by atoms with Gasteiger partial charge in [-0.25, -0.2) is 0 Å². The molecule has 2 atom stereocenters. The molecule has 0 aliphatic heterocycles. The van der Waals surface area contributed by atoms with Crippen LogP contribution in [0.4, 0.5) is 0 Å². The zero-order valence-electron chi connectivity index (χ0n) is 18.0. The van der Waals surface area contributed by atoms with Crippen molar-refractivity contribution in [3.8, 4) is 11.8 Å². The predicted octanol–water partition coefficient (Wildman–Crippen LogP) is 6.81. The van der Waals surface area contributed by atoms with Gasteiger partial charge in [-0.2, -0.15) is 5.26 Å². The highest BCUT2D eigenvalue weighted by atomic mass is 16.5. The van der Waals surface area contributed by atoms with Crippen LogP contribution in [0.15, 0.2) is 58.7 Å². The van der Waals surface area contributed by atoms with Crippen molar-refractivity contribution in [3.05, 3.63) is 64.3 Å². The van der Waals surface area contributed by atoms with Crippen molar-refractivity contribution in [2.24, 2.45) is 11.8 Å². The highest BCUT2D eigenvalue weighted by molar-refractivity contribution is 5.77. The normalized spacial score (nSPS) is 22.9. The van der Waals surface area contributed by atoms with Gasteiger partial charge in [-0.15, -0.1) is 0 Å². The van der Waals surface area contributed by atoms with E-state index in [2.05, 4.69) is 25.1 Å². The lowest BCUT2D eigenvalue weighted by Gasteiger charge is -2.35. The summed E-state index contributed by atoms with van der Waals surface area (Å²) in [6, 6.07) is 8.82. The summed E-state index contributed by atoms with van der Waals surface area (Å²) < 4.78 is 5.58. The van der Waals surface area contributed by atoms with Crippen LogP contribution in [-0.4, -0.2) is 5.97 Å². The Labute approximate surface area is 180 Å². The Bertz CT molecular complexity index is 927. The minimum atomic E-state index is -0.171. The van der Waals surface area contributed by atoms with Gasteiger partial charge in [0, 0.05) is 0 Å². The highest BCUT2D eigenvalue weighted by Gasteiger charge is 2.32. The van der Waals surface area contributed by atoms with Crippen molar-refractivity contribution in [1.82, 2.24) is 0 Å². The first kappa shape index (κ1) is 20.7. The Balaban J connectivity index is 1.38. The molecule has 1 aromatic rings. The van der Waals surface area contributed by atoms with Gasteiger partial charge in [0.1, 0.15) is 5.75 Å². The monoisotopic (exact) mass is 401 g/mol. The number of unbranched alkanes of at least 4 members (excludes halogenated alkanes) is 2. The van der Waals surface area contributed by atoms with Crippen LogP contribution in [0.5, 0.6) is 5.75 Å². The molecule has 0 radical (unpaired) electrons. The van der Waals surface area contributed by atoms with E-state index in [4.69, 9.17) is 10.00 Å². The largest absolute Gasteiger partial charge is 0.426 e. The van der Waals surface area contributed by atoms with Crippen LogP contribution in [0.25, 0.3) is 0 Å². The van der Waals surface area contributed by atoms with E-state index in [1.165, 1.54) is 56.1 Å². The number of hydrogen-bond acceptors (Lipinski definition) is 3. The summed E-state index contributed by atoms with van der Waals surface area (Å²) >= 11 is 0. The van der Waals surface area contributed by atoms with E-state index >= 15 is 0 Å². The quantitative estimate of drug-likeness (QED) is 0.299. The number of rotatable bonds is 6. The number of fused-ring (bicyclic) bond motifs is 2. The standard InChI is InChI=1S/C27H31NO2/c1-2-3-4-5-19-8-14-25-21(16-19)9-10-22-17-23(11-15-26(22)25)27(29)30-24-12-6-20(18-28)7-13-24/h6-7,10,12-13,15,19,23H,2-5,8-9,11,14,16-17H2,1H3/t19-,23-/m0/s1. The molecule has 1 aromatic carbocycles. The molecule has 0 heterocycles. The molecule has 0 unspecified atom stereocenters. The van der Waals surface area contributed by atoms with Gasteiger partial charge in [0.25, 0.3) is 0 Å². The summed E-state index contributed by atoms with van der Waals surface area (Å²) in [6.45, 7) is 2.28. The first-order valence-corrected chi connectivity index (χ1v) is 11.5. The maximum absolute atomic E-state index is 12.7. The Morgan fingerprint density at radius 1 is 1.17 bits per heavy atom. The second-order valence-electron chi connectivity index (χ2n) is 8.93. The van der Waals surface area contributed by atoms with E-state index in [-0.39, 0.29) is 11.9 Å². The minimum absolute atomic E-state index is 0.122. The van der Waals surface area contributed by atoms with Crippen molar-refractivity contribution < 1.29 is 9.53 Å². The Hall–Kier alpha value is -2.60. The fraction of sp³-hybridized carbons (Fsp3) is 0.481. The van der Waals surface area contributed by atoms with Crippen LogP contribution in [-0.2, 0) is 4.79 Å². The summed E-state index contributed by atoms with van der Waals surface area (Å²) in [7, 11) is 0. The van der Waals surface area contributed by atoms with Crippen LogP contribution in [0.2, 0.25) is 0 Å². The zero-order valence-corrected chi connectivity index (χ0v) is 18.0. The molecule has 3 heteroatoms.